The summed E-state index contributed by atoms with van der Waals surface area (Å²) in [6, 6.07) is 17.3. The Morgan fingerprint density at radius 1 is 1.07 bits per heavy atom. The molecule has 0 radical (unpaired) electrons. The van der Waals surface area contributed by atoms with E-state index in [0.29, 0.717) is 13.0 Å². The molecule has 1 saturated heterocycles. The molecule has 0 aromatic heterocycles. The molecule has 6 nitrogen and oxygen atoms in total. The van der Waals surface area contributed by atoms with E-state index in [1.807, 2.05) is 42.5 Å². The molecule has 0 unspecified atom stereocenters. The predicted molar refractivity (Wildman–Crippen MR) is 110 cm³/mol. The average molecular weight is 384 g/mol. The highest BCUT2D eigenvalue weighted by Crippen LogP contribution is 2.24. The summed E-state index contributed by atoms with van der Waals surface area (Å²) in [5, 5.41) is 8.88. The number of anilines is 1. The second-order valence-corrected chi connectivity index (χ2v) is 7.62. The number of ether oxygens (including phenoxy) is 1. The Kier molecular flexibility index (Phi) is 7.04. The van der Waals surface area contributed by atoms with Crippen molar-refractivity contribution in [2.45, 2.75) is 45.3 Å². The highest BCUT2D eigenvalue weighted by Gasteiger charge is 2.36. The number of nitrogens with two attached hydrogens (primary N) is 1. The van der Waals surface area contributed by atoms with Crippen molar-refractivity contribution in [2.24, 2.45) is 0 Å². The van der Waals surface area contributed by atoms with Crippen LogP contribution < -0.4 is 5.73 Å². The monoisotopic (exact) mass is 384 g/mol. The van der Waals surface area contributed by atoms with Gasteiger partial charge in [0.05, 0.1) is 0 Å². The Labute approximate surface area is 165 Å². The molecule has 0 aliphatic carbocycles. The van der Waals surface area contributed by atoms with Gasteiger partial charge in [0, 0.05) is 17.8 Å². The first-order chi connectivity index (χ1) is 13.2. The topological polar surface area (TPSA) is 92.9 Å². The second kappa shape index (κ2) is 9.26. The van der Waals surface area contributed by atoms with E-state index < -0.39 is 23.7 Å². The largest absolute Gasteiger partial charge is 0.480 e. The van der Waals surface area contributed by atoms with Crippen molar-refractivity contribution < 1.29 is 19.4 Å². The number of rotatable bonds is 2. The first-order valence-electron chi connectivity index (χ1n) is 9.31. The minimum Gasteiger partial charge on any atom is -0.480 e. The number of benzene rings is 2. The standard InChI is InChI=1S/C12H11N.C10H17NO4/c13-12-9-5-4-8-11(12)10-6-2-1-3-7-10;1-10(2,3)15-9(14)11-6-4-5-7(11)8(12)13/h1-9H,13H2;7H,4-6H2,1-3H3,(H,12,13)/t;7-/m.0/s1. The summed E-state index contributed by atoms with van der Waals surface area (Å²) < 4.78 is 5.13. The molecule has 0 saturated carbocycles. The number of nitrogen functional groups attached to an aromatic ring is 1. The number of likely N-dealkylation sites (tertiary alicyclic amines) is 1. The third kappa shape index (κ3) is 6.01. The zero-order valence-electron chi connectivity index (χ0n) is 16.6. The maximum Gasteiger partial charge on any atom is 0.411 e. The van der Waals surface area contributed by atoms with E-state index in [1.54, 1.807) is 20.8 Å². The summed E-state index contributed by atoms with van der Waals surface area (Å²) in [6.07, 6.45) is 0.692. The summed E-state index contributed by atoms with van der Waals surface area (Å²) in [7, 11) is 0. The third-order valence-electron chi connectivity index (χ3n) is 4.21. The van der Waals surface area contributed by atoms with Crippen molar-refractivity contribution in [3.63, 3.8) is 0 Å². The maximum atomic E-state index is 11.6. The van der Waals surface area contributed by atoms with Crippen LogP contribution in [0.2, 0.25) is 0 Å². The lowest BCUT2D eigenvalue weighted by molar-refractivity contribution is -0.142. The number of amides is 1. The lowest BCUT2D eigenvalue weighted by Gasteiger charge is -2.26. The molecule has 1 fully saturated rings. The van der Waals surface area contributed by atoms with E-state index in [-0.39, 0.29) is 0 Å². The Balaban J connectivity index is 0.000000202. The van der Waals surface area contributed by atoms with E-state index in [2.05, 4.69) is 12.1 Å². The quantitative estimate of drug-likeness (QED) is 0.748. The minimum absolute atomic E-state index is 0.464. The van der Waals surface area contributed by atoms with Crippen LogP contribution in [-0.4, -0.2) is 40.3 Å². The van der Waals surface area contributed by atoms with Gasteiger partial charge in [-0.1, -0.05) is 48.5 Å². The van der Waals surface area contributed by atoms with Crippen LogP contribution in [0.3, 0.4) is 0 Å². The highest BCUT2D eigenvalue weighted by atomic mass is 16.6. The number of carbonyl (C=O) groups excluding carboxylic acids is 1. The first kappa shape index (κ1) is 21.3. The van der Waals surface area contributed by atoms with E-state index in [0.717, 1.165) is 17.7 Å². The predicted octanol–water partition coefficient (Wildman–Crippen LogP) is 4.41. The van der Waals surface area contributed by atoms with E-state index >= 15 is 0 Å². The molecule has 2 aromatic carbocycles. The van der Waals surface area contributed by atoms with Gasteiger partial charge in [-0.05, 0) is 45.2 Å². The second-order valence-electron chi connectivity index (χ2n) is 7.62. The SMILES string of the molecule is CC(C)(C)OC(=O)N1CCC[C@H]1C(=O)O.Nc1ccccc1-c1ccccc1. The molecule has 28 heavy (non-hydrogen) atoms. The molecule has 1 amide bonds. The number of aliphatic carboxylic acids is 1. The van der Waals surface area contributed by atoms with Crippen molar-refractivity contribution in [1.82, 2.24) is 4.90 Å². The summed E-state index contributed by atoms with van der Waals surface area (Å²) in [6.45, 7) is 5.75. The van der Waals surface area contributed by atoms with Gasteiger partial charge >= 0.3 is 12.1 Å². The molecule has 0 bridgehead atoms. The number of hydrogen-bond acceptors (Lipinski definition) is 4. The van der Waals surface area contributed by atoms with Gasteiger partial charge in [-0.15, -0.1) is 0 Å². The van der Waals surface area contributed by atoms with Crippen molar-refractivity contribution in [3.05, 3.63) is 54.6 Å². The summed E-state index contributed by atoms with van der Waals surface area (Å²) >= 11 is 0. The molecule has 1 atom stereocenters. The Bertz CT molecular complexity index is 800. The van der Waals surface area contributed by atoms with Crippen molar-refractivity contribution >= 4 is 17.7 Å². The van der Waals surface area contributed by atoms with Crippen LogP contribution in [0.15, 0.2) is 54.6 Å². The van der Waals surface area contributed by atoms with Crippen LogP contribution in [0.1, 0.15) is 33.6 Å². The summed E-state index contributed by atoms with van der Waals surface area (Å²) in [5.74, 6) is -0.960. The van der Waals surface area contributed by atoms with Gasteiger partial charge in [0.1, 0.15) is 11.6 Å². The number of nitrogens with zero attached hydrogens (tertiary/aromatic N) is 1. The first-order valence-corrected chi connectivity index (χ1v) is 9.31. The molecule has 0 spiro atoms. The van der Waals surface area contributed by atoms with Gasteiger partial charge in [-0.2, -0.15) is 0 Å². The maximum absolute atomic E-state index is 11.6. The normalized spacial score (nSPS) is 16.1. The Morgan fingerprint density at radius 2 is 1.68 bits per heavy atom. The smallest absolute Gasteiger partial charge is 0.411 e. The van der Waals surface area contributed by atoms with Crippen LogP contribution >= 0.6 is 0 Å². The van der Waals surface area contributed by atoms with Gasteiger partial charge in [-0.3, -0.25) is 4.90 Å². The summed E-state index contributed by atoms with van der Waals surface area (Å²) in [5.41, 5.74) is 8.37. The molecule has 3 rings (SSSR count). The number of para-hydroxylation sites is 1. The fourth-order valence-corrected chi connectivity index (χ4v) is 2.94. The van der Waals surface area contributed by atoms with E-state index in [9.17, 15) is 9.59 Å². The summed E-state index contributed by atoms with van der Waals surface area (Å²) in [4.78, 5) is 23.7. The fourth-order valence-electron chi connectivity index (χ4n) is 2.94. The van der Waals surface area contributed by atoms with Gasteiger partial charge < -0.3 is 15.6 Å². The Hall–Kier alpha value is -3.02. The van der Waals surface area contributed by atoms with Gasteiger partial charge in [-0.25, -0.2) is 9.59 Å². The molecule has 2 aromatic rings. The zero-order valence-corrected chi connectivity index (χ0v) is 16.6. The number of carboxylic acid groups (broad SMARTS) is 1. The van der Waals surface area contributed by atoms with Gasteiger partial charge in [0.25, 0.3) is 0 Å². The van der Waals surface area contributed by atoms with E-state index in [1.165, 1.54) is 10.5 Å². The molecule has 6 heteroatoms. The van der Waals surface area contributed by atoms with Crippen molar-refractivity contribution in [3.8, 4) is 11.1 Å². The zero-order chi connectivity index (χ0) is 20.7. The lowest BCUT2D eigenvalue weighted by Crippen LogP contribution is -2.43. The molecule has 3 N–H and O–H groups in total. The highest BCUT2D eigenvalue weighted by molar-refractivity contribution is 5.80. The third-order valence-corrected chi connectivity index (χ3v) is 4.21. The molecule has 1 aliphatic rings. The average Bonchev–Trinajstić information content (AvgIpc) is 3.12. The molecule has 1 aliphatic heterocycles. The number of hydrogen-bond donors (Lipinski definition) is 2. The van der Waals surface area contributed by atoms with Crippen LogP contribution in [-0.2, 0) is 9.53 Å². The number of carbonyl (C=O) groups is 2. The van der Waals surface area contributed by atoms with Gasteiger partial charge in [0.15, 0.2) is 0 Å². The van der Waals surface area contributed by atoms with Crippen molar-refractivity contribution in [1.29, 1.82) is 0 Å². The minimum atomic E-state index is -0.960. The molecule has 1 heterocycles. The Morgan fingerprint density at radius 3 is 2.25 bits per heavy atom. The molecular formula is C22H28N2O4. The molecule has 150 valence electrons. The number of carboxylic acids is 1. The lowest BCUT2D eigenvalue weighted by atomic mass is 10.0. The van der Waals surface area contributed by atoms with E-state index in [4.69, 9.17) is 15.6 Å². The van der Waals surface area contributed by atoms with Crippen LogP contribution in [0.5, 0.6) is 0 Å². The van der Waals surface area contributed by atoms with Crippen LogP contribution in [0.4, 0.5) is 10.5 Å². The molecular weight excluding hydrogens is 356 g/mol. The fraction of sp³-hybridized carbons (Fsp3) is 0.364. The van der Waals surface area contributed by atoms with Crippen LogP contribution in [0, 0.1) is 0 Å². The van der Waals surface area contributed by atoms with Crippen molar-refractivity contribution in [2.75, 3.05) is 12.3 Å². The van der Waals surface area contributed by atoms with Crippen LogP contribution in [0.25, 0.3) is 11.1 Å². The van der Waals surface area contributed by atoms with Gasteiger partial charge in [0.2, 0.25) is 0 Å².